The fourth-order valence-electron chi connectivity index (χ4n) is 3.35. The molecule has 0 aliphatic carbocycles. The van der Waals surface area contributed by atoms with Crippen LogP contribution in [0.5, 0.6) is 5.75 Å². The van der Waals surface area contributed by atoms with E-state index in [1.54, 1.807) is 4.68 Å². The molecule has 6 nitrogen and oxygen atoms in total. The highest BCUT2D eigenvalue weighted by molar-refractivity contribution is 5.95. The lowest BCUT2D eigenvalue weighted by atomic mass is 10.0. The van der Waals surface area contributed by atoms with Crippen LogP contribution in [0.15, 0.2) is 30.5 Å². The monoisotopic (exact) mass is 378 g/mol. The molecule has 0 saturated carbocycles. The molecule has 1 aliphatic rings. The van der Waals surface area contributed by atoms with Crippen LogP contribution in [0.4, 0.5) is 0 Å². The molecule has 1 aliphatic heterocycles. The first-order valence-corrected chi connectivity index (χ1v) is 8.85. The van der Waals surface area contributed by atoms with Gasteiger partial charge < -0.3 is 15.3 Å². The van der Waals surface area contributed by atoms with Crippen molar-refractivity contribution in [2.75, 3.05) is 20.1 Å². The number of halogens is 1. The Balaban J connectivity index is 0.00000243. The first kappa shape index (κ1) is 20.3. The fourth-order valence-corrected chi connectivity index (χ4v) is 3.35. The van der Waals surface area contributed by atoms with Gasteiger partial charge in [0.1, 0.15) is 0 Å². The zero-order valence-electron chi connectivity index (χ0n) is 15.5. The highest BCUT2D eigenvalue weighted by atomic mass is 35.5. The summed E-state index contributed by atoms with van der Waals surface area (Å²) in [6.07, 6.45) is 3.46. The Morgan fingerprint density at radius 1 is 1.35 bits per heavy atom. The van der Waals surface area contributed by atoms with Crippen LogP contribution in [0.25, 0.3) is 5.69 Å². The van der Waals surface area contributed by atoms with Gasteiger partial charge in [0.05, 0.1) is 11.9 Å². The van der Waals surface area contributed by atoms with E-state index in [1.165, 1.54) is 11.8 Å². The number of rotatable bonds is 5. The summed E-state index contributed by atoms with van der Waals surface area (Å²) >= 11 is 0. The predicted molar refractivity (Wildman–Crippen MR) is 105 cm³/mol. The summed E-state index contributed by atoms with van der Waals surface area (Å²) in [4.78, 5) is 14.6. The Bertz CT molecular complexity index is 742. The van der Waals surface area contributed by atoms with Gasteiger partial charge in [-0.2, -0.15) is 5.10 Å². The van der Waals surface area contributed by atoms with Crippen LogP contribution in [0, 0.1) is 0 Å². The summed E-state index contributed by atoms with van der Waals surface area (Å²) in [5.74, 6) is 0.178. The minimum atomic E-state index is -0.201. The van der Waals surface area contributed by atoms with Crippen molar-refractivity contribution in [1.82, 2.24) is 20.0 Å². The van der Waals surface area contributed by atoms with Gasteiger partial charge in [-0.3, -0.25) is 4.79 Å². The SMILES string of the molecule is CNCC1CCCN1C(=O)c1nn(-c2ccc(C(C)C)cc2)cc1O.Cl. The molecule has 1 unspecified atom stereocenters. The molecule has 3 rings (SSSR count). The zero-order valence-corrected chi connectivity index (χ0v) is 16.3. The van der Waals surface area contributed by atoms with Gasteiger partial charge in [-0.1, -0.05) is 26.0 Å². The van der Waals surface area contributed by atoms with Crippen LogP contribution < -0.4 is 5.32 Å². The molecule has 0 spiro atoms. The third-order valence-electron chi connectivity index (χ3n) is 4.80. The lowest BCUT2D eigenvalue weighted by Gasteiger charge is -2.23. The zero-order chi connectivity index (χ0) is 18.0. The smallest absolute Gasteiger partial charge is 0.278 e. The average Bonchev–Trinajstić information content (AvgIpc) is 3.21. The molecule has 1 saturated heterocycles. The second kappa shape index (κ2) is 8.56. The number of benzene rings is 1. The standard InChI is InChI=1S/C19H26N4O2.ClH/c1-13(2)14-6-8-15(9-7-14)23-12-17(24)18(21-23)19(25)22-10-4-5-16(22)11-20-3;/h6-9,12-13,16,20,24H,4-5,10-11H2,1-3H3;1H. The number of hydrogen-bond donors (Lipinski definition) is 2. The molecule has 7 heteroatoms. The highest BCUT2D eigenvalue weighted by Crippen LogP contribution is 2.25. The molecule has 0 radical (unpaired) electrons. The first-order valence-electron chi connectivity index (χ1n) is 8.85. The van der Waals surface area contributed by atoms with Crippen molar-refractivity contribution >= 4 is 18.3 Å². The van der Waals surface area contributed by atoms with Gasteiger partial charge in [0.2, 0.25) is 0 Å². The van der Waals surface area contributed by atoms with Crippen LogP contribution in [-0.4, -0.2) is 51.9 Å². The summed E-state index contributed by atoms with van der Waals surface area (Å²) in [5.41, 5.74) is 2.19. The Morgan fingerprint density at radius 2 is 2.04 bits per heavy atom. The molecule has 2 heterocycles. The van der Waals surface area contributed by atoms with Gasteiger partial charge in [-0.15, -0.1) is 12.4 Å². The van der Waals surface area contributed by atoms with Crippen molar-refractivity contribution in [2.45, 2.75) is 38.6 Å². The quantitative estimate of drug-likeness (QED) is 0.839. The maximum Gasteiger partial charge on any atom is 0.278 e. The number of carbonyl (C=O) groups is 1. The van der Waals surface area contributed by atoms with Crippen LogP contribution in [-0.2, 0) is 0 Å². The first-order chi connectivity index (χ1) is 12.0. The van der Waals surface area contributed by atoms with Gasteiger partial charge in [0.15, 0.2) is 11.4 Å². The molecular weight excluding hydrogens is 352 g/mol. The Kier molecular flexibility index (Phi) is 6.67. The summed E-state index contributed by atoms with van der Waals surface area (Å²) in [6, 6.07) is 8.16. The normalized spacial score (nSPS) is 16.8. The van der Waals surface area contributed by atoms with Crippen molar-refractivity contribution in [3.63, 3.8) is 0 Å². The third-order valence-corrected chi connectivity index (χ3v) is 4.80. The van der Waals surface area contributed by atoms with Crippen molar-refractivity contribution in [1.29, 1.82) is 0 Å². The van der Waals surface area contributed by atoms with Crippen molar-refractivity contribution in [2.24, 2.45) is 0 Å². The van der Waals surface area contributed by atoms with Crippen molar-refractivity contribution in [3.8, 4) is 11.4 Å². The van der Waals surface area contributed by atoms with Crippen molar-refractivity contribution in [3.05, 3.63) is 41.7 Å². The Labute approximate surface area is 160 Å². The molecule has 2 aromatic rings. The Hall–Kier alpha value is -2.05. The van der Waals surface area contributed by atoms with E-state index < -0.39 is 0 Å². The largest absolute Gasteiger partial charge is 0.504 e. The molecule has 1 fully saturated rings. The van der Waals surface area contributed by atoms with E-state index in [9.17, 15) is 9.90 Å². The van der Waals surface area contributed by atoms with Crippen LogP contribution in [0.3, 0.4) is 0 Å². The summed E-state index contributed by atoms with van der Waals surface area (Å²) in [7, 11) is 1.88. The number of carbonyl (C=O) groups excluding carboxylic acids is 1. The average molecular weight is 379 g/mol. The fraction of sp³-hybridized carbons (Fsp3) is 0.474. The van der Waals surface area contributed by atoms with Gasteiger partial charge in [0, 0.05) is 19.1 Å². The van der Waals surface area contributed by atoms with Crippen LogP contribution >= 0.6 is 12.4 Å². The second-order valence-electron chi connectivity index (χ2n) is 6.91. The lowest BCUT2D eigenvalue weighted by Crippen LogP contribution is -2.41. The number of nitrogens with one attached hydrogen (secondary N) is 1. The molecule has 2 N–H and O–H groups in total. The number of aromatic nitrogens is 2. The molecule has 1 aromatic carbocycles. The number of amides is 1. The lowest BCUT2D eigenvalue weighted by molar-refractivity contribution is 0.0727. The Morgan fingerprint density at radius 3 is 2.65 bits per heavy atom. The maximum atomic E-state index is 12.8. The molecule has 142 valence electrons. The summed E-state index contributed by atoms with van der Waals surface area (Å²) < 4.78 is 1.57. The number of hydrogen-bond acceptors (Lipinski definition) is 4. The number of likely N-dealkylation sites (N-methyl/N-ethyl adjacent to an activating group) is 1. The number of likely N-dealkylation sites (tertiary alicyclic amines) is 1. The molecule has 1 aromatic heterocycles. The van der Waals surface area contributed by atoms with Crippen LogP contribution in [0.1, 0.15) is 48.7 Å². The third kappa shape index (κ3) is 4.02. The van der Waals surface area contributed by atoms with Gasteiger partial charge >= 0.3 is 0 Å². The minimum absolute atomic E-state index is 0. The second-order valence-corrected chi connectivity index (χ2v) is 6.91. The van der Waals surface area contributed by atoms with Gasteiger partial charge in [-0.25, -0.2) is 4.68 Å². The summed E-state index contributed by atoms with van der Waals surface area (Å²) in [5, 5.41) is 17.7. The van der Waals surface area contributed by atoms with E-state index in [4.69, 9.17) is 0 Å². The van der Waals surface area contributed by atoms with E-state index in [2.05, 4.69) is 24.3 Å². The maximum absolute atomic E-state index is 12.8. The van der Waals surface area contributed by atoms with E-state index in [0.717, 1.165) is 25.1 Å². The van der Waals surface area contributed by atoms with Crippen molar-refractivity contribution < 1.29 is 9.90 Å². The molecule has 1 atom stereocenters. The van der Waals surface area contributed by atoms with E-state index in [0.29, 0.717) is 12.5 Å². The molecule has 0 bridgehead atoms. The van der Waals surface area contributed by atoms with Gasteiger partial charge in [0.25, 0.3) is 5.91 Å². The highest BCUT2D eigenvalue weighted by Gasteiger charge is 2.31. The number of aromatic hydroxyl groups is 1. The molecule has 1 amide bonds. The topological polar surface area (TPSA) is 70.4 Å². The van der Waals surface area contributed by atoms with Gasteiger partial charge in [-0.05, 0) is 43.5 Å². The number of nitrogens with zero attached hydrogens (tertiary/aromatic N) is 3. The van der Waals surface area contributed by atoms with E-state index in [1.807, 2.05) is 36.2 Å². The molecular formula is C19H27ClN4O2. The van der Waals surface area contributed by atoms with E-state index in [-0.39, 0.29) is 35.8 Å². The summed E-state index contributed by atoms with van der Waals surface area (Å²) in [6.45, 7) is 5.75. The predicted octanol–water partition coefficient (Wildman–Crippen LogP) is 2.95. The molecule has 26 heavy (non-hydrogen) atoms. The minimum Gasteiger partial charge on any atom is -0.504 e. The van der Waals surface area contributed by atoms with E-state index >= 15 is 0 Å². The van der Waals surface area contributed by atoms with Crippen LogP contribution in [0.2, 0.25) is 0 Å².